The van der Waals surface area contributed by atoms with Crippen LogP contribution < -0.4 is 26.0 Å². The van der Waals surface area contributed by atoms with Crippen molar-refractivity contribution in [3.63, 3.8) is 0 Å². The maximum absolute atomic E-state index is 11.8. The van der Waals surface area contributed by atoms with Gasteiger partial charge in [-0.3, -0.25) is 0 Å². The molecule has 0 aromatic heterocycles. The van der Waals surface area contributed by atoms with Gasteiger partial charge in [-0.1, -0.05) is 18.2 Å². The van der Waals surface area contributed by atoms with Crippen molar-refractivity contribution < 1.29 is 14.3 Å². The molecule has 8 nitrogen and oxygen atoms in total. The van der Waals surface area contributed by atoms with Gasteiger partial charge in [0.25, 0.3) is 0 Å². The maximum atomic E-state index is 11.8. The van der Waals surface area contributed by atoms with E-state index >= 15 is 0 Å². The first-order valence-electron chi connectivity index (χ1n) is 10.9. The second-order valence-corrected chi connectivity index (χ2v) is 7.49. The third-order valence-corrected chi connectivity index (χ3v) is 4.25. The van der Waals surface area contributed by atoms with E-state index in [9.17, 15) is 4.79 Å². The lowest BCUT2D eigenvalue weighted by Gasteiger charge is -2.13. The van der Waals surface area contributed by atoms with Crippen molar-refractivity contribution in [1.29, 1.82) is 0 Å². The van der Waals surface area contributed by atoms with Gasteiger partial charge in [-0.15, -0.1) is 0 Å². The number of benzene rings is 2. The Bertz CT molecular complexity index is 853. The summed E-state index contributed by atoms with van der Waals surface area (Å²) in [4.78, 5) is 16.5. The Morgan fingerprint density at radius 1 is 1.03 bits per heavy atom. The fourth-order valence-electron chi connectivity index (χ4n) is 2.79. The van der Waals surface area contributed by atoms with E-state index in [0.29, 0.717) is 25.7 Å². The number of carbonyl (C=O) groups is 1. The molecule has 2 aromatic rings. The smallest absolute Gasteiger partial charge is 0.319 e. The summed E-state index contributed by atoms with van der Waals surface area (Å²) in [5.41, 5.74) is 2.67. The molecule has 0 unspecified atom stereocenters. The summed E-state index contributed by atoms with van der Waals surface area (Å²) >= 11 is 0. The Morgan fingerprint density at radius 3 is 2.50 bits per heavy atom. The van der Waals surface area contributed by atoms with E-state index in [0.717, 1.165) is 35.7 Å². The van der Waals surface area contributed by atoms with Crippen molar-refractivity contribution in [2.24, 2.45) is 4.99 Å². The van der Waals surface area contributed by atoms with Crippen molar-refractivity contribution in [2.75, 3.05) is 37.5 Å². The third kappa shape index (κ3) is 9.70. The number of anilines is 2. The number of methoxy groups -OCH3 is 1. The summed E-state index contributed by atoms with van der Waals surface area (Å²) in [5.74, 6) is 1.48. The molecule has 32 heavy (non-hydrogen) atoms. The zero-order chi connectivity index (χ0) is 23.2. The van der Waals surface area contributed by atoms with Crippen molar-refractivity contribution >= 4 is 23.4 Å². The number of guanidine groups is 1. The molecule has 2 aromatic carbocycles. The molecule has 2 rings (SSSR count). The van der Waals surface area contributed by atoms with Crippen LogP contribution in [0.2, 0.25) is 0 Å². The van der Waals surface area contributed by atoms with E-state index in [-0.39, 0.29) is 12.1 Å². The number of aliphatic imine (C=N–C) groups is 1. The van der Waals surface area contributed by atoms with Crippen LogP contribution in [0, 0.1) is 0 Å². The predicted molar refractivity (Wildman–Crippen MR) is 131 cm³/mol. The summed E-state index contributed by atoms with van der Waals surface area (Å²) < 4.78 is 10.8. The van der Waals surface area contributed by atoms with E-state index in [1.54, 1.807) is 7.11 Å². The molecule has 0 spiro atoms. The molecule has 174 valence electrons. The van der Waals surface area contributed by atoms with Crippen LogP contribution >= 0.6 is 0 Å². The third-order valence-electron chi connectivity index (χ3n) is 4.25. The quantitative estimate of drug-likeness (QED) is 0.238. The van der Waals surface area contributed by atoms with Gasteiger partial charge in [-0.2, -0.15) is 0 Å². The summed E-state index contributed by atoms with van der Waals surface area (Å²) in [6, 6.07) is 15.3. The number of rotatable bonds is 11. The van der Waals surface area contributed by atoms with E-state index in [1.807, 2.05) is 69.3 Å². The zero-order valence-corrected chi connectivity index (χ0v) is 19.4. The largest absolute Gasteiger partial charge is 0.493 e. The first kappa shape index (κ1) is 25.0. The normalized spacial score (nSPS) is 11.2. The van der Waals surface area contributed by atoms with E-state index in [4.69, 9.17) is 9.47 Å². The lowest BCUT2D eigenvalue weighted by atomic mass is 10.2. The number of nitrogens with zero attached hydrogens (tertiary/aromatic N) is 1. The molecule has 0 radical (unpaired) electrons. The minimum atomic E-state index is -0.214. The van der Waals surface area contributed by atoms with Gasteiger partial charge < -0.3 is 30.7 Å². The molecule has 8 heteroatoms. The SMILES string of the molecule is CCNC(=NCc1ccc(NC(=O)NC(C)C)cc1)Nc1cccc(OCCCOC)c1. The van der Waals surface area contributed by atoms with Gasteiger partial charge in [-0.05, 0) is 50.6 Å². The number of hydrogen-bond donors (Lipinski definition) is 4. The van der Waals surface area contributed by atoms with Gasteiger partial charge >= 0.3 is 6.03 Å². The lowest BCUT2D eigenvalue weighted by molar-refractivity contribution is 0.172. The average molecular weight is 442 g/mol. The zero-order valence-electron chi connectivity index (χ0n) is 19.4. The number of nitrogens with one attached hydrogen (secondary N) is 4. The van der Waals surface area contributed by atoms with Crippen LogP contribution in [0.15, 0.2) is 53.5 Å². The van der Waals surface area contributed by atoms with Crippen LogP contribution in [-0.4, -0.2) is 44.9 Å². The van der Waals surface area contributed by atoms with Crippen molar-refractivity contribution in [3.05, 3.63) is 54.1 Å². The summed E-state index contributed by atoms with van der Waals surface area (Å²) in [6.07, 6.45) is 0.842. The monoisotopic (exact) mass is 441 g/mol. The highest BCUT2D eigenvalue weighted by Crippen LogP contribution is 2.18. The van der Waals surface area contributed by atoms with Gasteiger partial charge in [0, 0.05) is 50.2 Å². The Kier molecular flexibility index (Phi) is 10.9. The van der Waals surface area contributed by atoms with Crippen LogP contribution in [0.25, 0.3) is 0 Å². The first-order valence-corrected chi connectivity index (χ1v) is 10.9. The highest BCUT2D eigenvalue weighted by molar-refractivity contribution is 5.93. The van der Waals surface area contributed by atoms with Crippen LogP contribution in [0.5, 0.6) is 5.75 Å². The Balaban J connectivity index is 1.94. The molecule has 4 N–H and O–H groups in total. The number of hydrogen-bond acceptors (Lipinski definition) is 4. The van der Waals surface area contributed by atoms with Gasteiger partial charge in [0.1, 0.15) is 5.75 Å². The molecule has 0 saturated carbocycles. The van der Waals surface area contributed by atoms with Crippen molar-refractivity contribution in [1.82, 2.24) is 10.6 Å². The number of urea groups is 1. The number of carbonyl (C=O) groups excluding carboxylic acids is 1. The second-order valence-electron chi connectivity index (χ2n) is 7.49. The molecular weight excluding hydrogens is 406 g/mol. The molecule has 2 amide bonds. The fraction of sp³-hybridized carbons (Fsp3) is 0.417. The number of ether oxygens (including phenoxy) is 2. The predicted octanol–water partition coefficient (Wildman–Crippen LogP) is 4.21. The minimum Gasteiger partial charge on any atom is -0.493 e. The van der Waals surface area contributed by atoms with Crippen molar-refractivity contribution in [2.45, 2.75) is 39.8 Å². The first-order chi connectivity index (χ1) is 15.5. The second kappa shape index (κ2) is 13.9. The molecular formula is C24H35N5O3. The Labute approximate surface area is 190 Å². The topological polar surface area (TPSA) is 96.0 Å². The van der Waals surface area contributed by atoms with E-state index in [1.165, 1.54) is 0 Å². The highest BCUT2D eigenvalue weighted by atomic mass is 16.5. The molecule has 0 fully saturated rings. The van der Waals surface area contributed by atoms with Crippen LogP contribution in [0.3, 0.4) is 0 Å². The average Bonchev–Trinajstić information content (AvgIpc) is 2.76. The van der Waals surface area contributed by atoms with E-state index in [2.05, 4.69) is 26.3 Å². The molecule has 0 aliphatic heterocycles. The van der Waals surface area contributed by atoms with Crippen molar-refractivity contribution in [3.8, 4) is 5.75 Å². The lowest BCUT2D eigenvalue weighted by Crippen LogP contribution is -2.34. The summed E-state index contributed by atoms with van der Waals surface area (Å²) in [5, 5.41) is 12.2. The fourth-order valence-corrected chi connectivity index (χ4v) is 2.79. The summed E-state index contributed by atoms with van der Waals surface area (Å²) in [6.45, 7) is 8.39. The molecule has 0 heterocycles. The molecule has 0 bridgehead atoms. The standard InChI is InChI=1S/C24H35N5O3/c1-5-25-23(28-21-8-6-9-22(16-21)32-15-7-14-31-4)26-17-19-10-12-20(13-11-19)29-24(30)27-18(2)3/h6,8-13,16,18H,5,7,14-15,17H2,1-4H3,(H2,25,26,28)(H2,27,29,30). The van der Waals surface area contributed by atoms with Crippen LogP contribution in [0.4, 0.5) is 16.2 Å². The Hall–Kier alpha value is -3.26. The minimum absolute atomic E-state index is 0.0866. The maximum Gasteiger partial charge on any atom is 0.319 e. The van der Waals surface area contributed by atoms with Gasteiger partial charge in [0.05, 0.1) is 13.2 Å². The summed E-state index contributed by atoms with van der Waals surface area (Å²) in [7, 11) is 1.68. The molecule has 0 atom stereocenters. The van der Waals surface area contributed by atoms with Crippen LogP contribution in [-0.2, 0) is 11.3 Å². The van der Waals surface area contributed by atoms with Gasteiger partial charge in [0.2, 0.25) is 0 Å². The molecule has 0 aliphatic carbocycles. The Morgan fingerprint density at radius 2 is 1.81 bits per heavy atom. The molecule has 0 saturated heterocycles. The van der Waals surface area contributed by atoms with E-state index < -0.39 is 0 Å². The number of amides is 2. The van der Waals surface area contributed by atoms with Gasteiger partial charge in [0.15, 0.2) is 5.96 Å². The molecule has 0 aliphatic rings. The highest BCUT2D eigenvalue weighted by Gasteiger charge is 2.04. The van der Waals surface area contributed by atoms with Gasteiger partial charge in [-0.25, -0.2) is 9.79 Å². The van der Waals surface area contributed by atoms with Crippen LogP contribution in [0.1, 0.15) is 32.8 Å².